The van der Waals surface area contributed by atoms with Crippen molar-refractivity contribution in [1.29, 1.82) is 0 Å². The summed E-state index contributed by atoms with van der Waals surface area (Å²) in [5, 5.41) is 7.59. The fourth-order valence-electron chi connectivity index (χ4n) is 2.75. The number of hydrogen-bond acceptors (Lipinski definition) is 4. The SMILES string of the molecule is Cc1ccc(S(=O)(=O)Nc2ccc(NC(=O)NCC(=O)NCc3ccc(F)cc3)cc2)cc1. The Morgan fingerprint density at radius 2 is 1.42 bits per heavy atom. The van der Waals surface area contributed by atoms with Gasteiger partial charge < -0.3 is 16.0 Å². The molecule has 0 fully saturated rings. The largest absolute Gasteiger partial charge is 0.350 e. The number of rotatable bonds is 8. The Kier molecular flexibility index (Phi) is 7.62. The zero-order chi connectivity index (χ0) is 23.8. The monoisotopic (exact) mass is 470 g/mol. The van der Waals surface area contributed by atoms with Gasteiger partial charge >= 0.3 is 6.03 Å². The van der Waals surface area contributed by atoms with E-state index >= 15 is 0 Å². The molecule has 0 aliphatic carbocycles. The van der Waals surface area contributed by atoms with Gasteiger partial charge in [-0.15, -0.1) is 0 Å². The van der Waals surface area contributed by atoms with Crippen molar-refractivity contribution in [1.82, 2.24) is 10.6 Å². The number of carbonyl (C=O) groups excluding carboxylic acids is 2. The van der Waals surface area contributed by atoms with E-state index < -0.39 is 22.0 Å². The molecule has 3 aromatic carbocycles. The van der Waals surface area contributed by atoms with Crippen LogP contribution in [0.25, 0.3) is 0 Å². The molecular weight excluding hydrogens is 447 g/mol. The van der Waals surface area contributed by atoms with Crippen molar-refractivity contribution in [3.05, 3.63) is 89.7 Å². The van der Waals surface area contributed by atoms with Crippen LogP contribution in [-0.2, 0) is 21.4 Å². The van der Waals surface area contributed by atoms with Crippen molar-refractivity contribution in [3.63, 3.8) is 0 Å². The maximum atomic E-state index is 12.9. The molecule has 0 bridgehead atoms. The second kappa shape index (κ2) is 10.6. The fraction of sp³-hybridized carbons (Fsp3) is 0.130. The topological polar surface area (TPSA) is 116 Å². The average molecular weight is 471 g/mol. The molecule has 3 aromatic rings. The molecular formula is C23H23FN4O4S. The maximum Gasteiger partial charge on any atom is 0.319 e. The van der Waals surface area contributed by atoms with E-state index in [9.17, 15) is 22.4 Å². The van der Waals surface area contributed by atoms with Gasteiger partial charge in [0.2, 0.25) is 5.91 Å². The van der Waals surface area contributed by atoms with E-state index in [0.29, 0.717) is 11.4 Å². The predicted molar refractivity (Wildman–Crippen MR) is 124 cm³/mol. The Labute approximate surface area is 191 Å². The van der Waals surface area contributed by atoms with Gasteiger partial charge in [0.05, 0.1) is 11.4 Å². The van der Waals surface area contributed by atoms with Crippen LogP contribution in [0.4, 0.5) is 20.6 Å². The summed E-state index contributed by atoms with van der Waals surface area (Å²) in [6.07, 6.45) is 0. The minimum absolute atomic E-state index is 0.146. The highest BCUT2D eigenvalue weighted by molar-refractivity contribution is 7.92. The summed E-state index contributed by atoms with van der Waals surface area (Å²) in [5.41, 5.74) is 2.43. The number of aryl methyl sites for hydroxylation is 1. The quantitative estimate of drug-likeness (QED) is 0.404. The van der Waals surface area contributed by atoms with E-state index in [1.54, 1.807) is 24.3 Å². The molecule has 0 aliphatic heterocycles. The van der Waals surface area contributed by atoms with E-state index in [1.807, 2.05) is 6.92 Å². The third kappa shape index (κ3) is 7.32. The van der Waals surface area contributed by atoms with E-state index in [1.165, 1.54) is 48.5 Å². The fourth-order valence-corrected chi connectivity index (χ4v) is 3.81. The average Bonchev–Trinajstić information content (AvgIpc) is 2.79. The van der Waals surface area contributed by atoms with Crippen molar-refractivity contribution < 1.29 is 22.4 Å². The Balaban J connectivity index is 1.45. The lowest BCUT2D eigenvalue weighted by Gasteiger charge is -2.11. The van der Waals surface area contributed by atoms with Crippen molar-refractivity contribution in [2.45, 2.75) is 18.4 Å². The Hall–Kier alpha value is -3.92. The van der Waals surface area contributed by atoms with Crippen LogP contribution in [0.2, 0.25) is 0 Å². The second-order valence-corrected chi connectivity index (χ2v) is 8.89. The van der Waals surface area contributed by atoms with E-state index in [4.69, 9.17) is 0 Å². The Morgan fingerprint density at radius 1 is 0.818 bits per heavy atom. The summed E-state index contributed by atoms with van der Waals surface area (Å²) >= 11 is 0. The third-order valence-electron chi connectivity index (χ3n) is 4.54. The van der Waals surface area contributed by atoms with Crippen molar-refractivity contribution in [2.75, 3.05) is 16.6 Å². The molecule has 0 atom stereocenters. The number of sulfonamides is 1. The number of benzene rings is 3. The highest BCUT2D eigenvalue weighted by atomic mass is 32.2. The first kappa shape index (κ1) is 23.7. The molecule has 0 saturated heterocycles. The van der Waals surface area contributed by atoms with Crippen LogP contribution in [0.15, 0.2) is 77.7 Å². The summed E-state index contributed by atoms with van der Waals surface area (Å²) in [6.45, 7) is 1.83. The van der Waals surface area contributed by atoms with Crippen LogP contribution in [0.1, 0.15) is 11.1 Å². The number of nitrogens with one attached hydrogen (secondary N) is 4. The molecule has 8 nitrogen and oxygen atoms in total. The molecule has 3 rings (SSSR count). The first-order valence-corrected chi connectivity index (χ1v) is 11.5. The highest BCUT2D eigenvalue weighted by Crippen LogP contribution is 2.18. The van der Waals surface area contributed by atoms with Crippen molar-refractivity contribution >= 4 is 33.3 Å². The second-order valence-electron chi connectivity index (χ2n) is 7.21. The normalized spacial score (nSPS) is 10.8. The van der Waals surface area contributed by atoms with Gasteiger partial charge in [-0.3, -0.25) is 9.52 Å². The molecule has 0 spiro atoms. The Morgan fingerprint density at radius 3 is 2.06 bits per heavy atom. The number of amides is 3. The number of carbonyl (C=O) groups is 2. The van der Waals surface area contributed by atoms with Gasteiger partial charge in [0, 0.05) is 17.9 Å². The summed E-state index contributed by atoms with van der Waals surface area (Å²) in [5.74, 6) is -0.768. The zero-order valence-corrected chi connectivity index (χ0v) is 18.6. The summed E-state index contributed by atoms with van der Waals surface area (Å²) in [6, 6.07) is 17.7. The number of hydrogen-bond donors (Lipinski definition) is 4. The van der Waals surface area contributed by atoms with Gasteiger partial charge in [0.15, 0.2) is 0 Å². The molecule has 0 aromatic heterocycles. The van der Waals surface area contributed by atoms with Crippen LogP contribution < -0.4 is 20.7 Å². The van der Waals surface area contributed by atoms with Gasteiger partial charge in [0.1, 0.15) is 5.82 Å². The molecule has 4 N–H and O–H groups in total. The lowest BCUT2D eigenvalue weighted by Crippen LogP contribution is -2.38. The molecule has 0 aliphatic rings. The smallest absolute Gasteiger partial charge is 0.319 e. The van der Waals surface area contributed by atoms with Gasteiger partial charge in [-0.25, -0.2) is 17.6 Å². The standard InChI is InChI=1S/C23H23FN4O4S/c1-16-2-12-21(13-3-16)33(31,32)28-20-10-8-19(9-11-20)27-23(30)26-15-22(29)25-14-17-4-6-18(24)7-5-17/h2-13,28H,14-15H2,1H3,(H,25,29)(H2,26,27,30). The van der Waals surface area contributed by atoms with Gasteiger partial charge in [-0.05, 0) is 61.0 Å². The first-order valence-electron chi connectivity index (χ1n) is 9.97. The summed E-state index contributed by atoms with van der Waals surface area (Å²) < 4.78 is 40.2. The number of anilines is 2. The first-order chi connectivity index (χ1) is 15.7. The minimum atomic E-state index is -3.72. The molecule has 172 valence electrons. The maximum absolute atomic E-state index is 12.9. The summed E-state index contributed by atoms with van der Waals surface area (Å²) in [7, 11) is -3.72. The summed E-state index contributed by atoms with van der Waals surface area (Å²) in [4.78, 5) is 24.0. The minimum Gasteiger partial charge on any atom is -0.350 e. The highest BCUT2D eigenvalue weighted by Gasteiger charge is 2.14. The number of halogens is 1. The Bertz CT molecular complexity index is 1210. The van der Waals surface area contributed by atoms with Crippen LogP contribution in [-0.4, -0.2) is 26.9 Å². The lowest BCUT2D eigenvalue weighted by molar-refractivity contribution is -0.120. The molecule has 10 heteroatoms. The molecule has 33 heavy (non-hydrogen) atoms. The molecule has 3 amide bonds. The lowest BCUT2D eigenvalue weighted by atomic mass is 10.2. The van der Waals surface area contributed by atoms with Crippen LogP contribution in [0, 0.1) is 12.7 Å². The molecule has 0 radical (unpaired) electrons. The van der Waals surface area contributed by atoms with Gasteiger partial charge in [-0.1, -0.05) is 29.8 Å². The van der Waals surface area contributed by atoms with Gasteiger partial charge in [-0.2, -0.15) is 0 Å². The van der Waals surface area contributed by atoms with Crippen LogP contribution in [0.5, 0.6) is 0 Å². The van der Waals surface area contributed by atoms with E-state index in [-0.39, 0.29) is 23.8 Å². The van der Waals surface area contributed by atoms with E-state index in [2.05, 4.69) is 20.7 Å². The van der Waals surface area contributed by atoms with Crippen LogP contribution >= 0.6 is 0 Å². The zero-order valence-electron chi connectivity index (χ0n) is 17.8. The van der Waals surface area contributed by atoms with Crippen molar-refractivity contribution in [3.8, 4) is 0 Å². The van der Waals surface area contributed by atoms with Crippen LogP contribution in [0.3, 0.4) is 0 Å². The molecule has 0 unspecified atom stereocenters. The molecule has 0 heterocycles. The number of urea groups is 1. The predicted octanol–water partition coefficient (Wildman–Crippen LogP) is 3.37. The van der Waals surface area contributed by atoms with E-state index in [0.717, 1.165) is 11.1 Å². The van der Waals surface area contributed by atoms with Crippen molar-refractivity contribution in [2.24, 2.45) is 0 Å². The molecule has 0 saturated carbocycles. The van der Waals surface area contributed by atoms with Gasteiger partial charge in [0.25, 0.3) is 10.0 Å². The third-order valence-corrected chi connectivity index (χ3v) is 5.94.